The molecule has 3 aromatic carbocycles. The highest BCUT2D eigenvalue weighted by atomic mass is 32.1. The maximum atomic E-state index is 13.2. The fourth-order valence-electron chi connectivity index (χ4n) is 3.55. The van der Waals surface area contributed by atoms with E-state index >= 15 is 0 Å². The maximum Gasteiger partial charge on any atom is 0.319 e. The van der Waals surface area contributed by atoms with Crippen molar-refractivity contribution >= 4 is 34.1 Å². The number of para-hydroxylation sites is 1. The first-order chi connectivity index (χ1) is 16.9. The Morgan fingerprint density at radius 3 is 2.26 bits per heavy atom. The fourth-order valence-corrected chi connectivity index (χ4v) is 4.31. The van der Waals surface area contributed by atoms with Gasteiger partial charge < -0.3 is 10.6 Å². The zero-order valence-corrected chi connectivity index (χ0v) is 20.0. The summed E-state index contributed by atoms with van der Waals surface area (Å²) in [6.45, 7) is 3.82. The Balaban J connectivity index is 1.49. The molecular formula is C26H24FN5O2S. The van der Waals surface area contributed by atoms with E-state index in [0.29, 0.717) is 16.3 Å². The third-order valence-electron chi connectivity index (χ3n) is 5.37. The van der Waals surface area contributed by atoms with Crippen molar-refractivity contribution in [1.82, 2.24) is 15.5 Å². The van der Waals surface area contributed by atoms with Gasteiger partial charge in [0.2, 0.25) is 11.0 Å². The molecule has 0 saturated heterocycles. The number of nitrogens with zero attached hydrogens (tertiary/aromatic N) is 2. The molecule has 35 heavy (non-hydrogen) atoms. The number of carbonyl (C=O) groups is 2. The van der Waals surface area contributed by atoms with Gasteiger partial charge in [-0.05, 0) is 54.8 Å². The zero-order chi connectivity index (χ0) is 24.8. The van der Waals surface area contributed by atoms with Gasteiger partial charge in [-0.15, -0.1) is 10.2 Å². The molecule has 3 N–H and O–H groups in total. The molecule has 0 aliphatic carbocycles. The monoisotopic (exact) mass is 489 g/mol. The van der Waals surface area contributed by atoms with Gasteiger partial charge in [0.25, 0.3) is 0 Å². The van der Waals surface area contributed by atoms with E-state index in [9.17, 15) is 14.0 Å². The van der Waals surface area contributed by atoms with Crippen LogP contribution in [0.15, 0.2) is 72.8 Å². The standard InChI is InChI=1S/C26H24FN5O2S/c1-16-7-6-8-17(2)22(16)29-25(34)28-21(15-18-9-4-3-5-10-18)23(33)30-26-32-31-24(35-26)19-11-13-20(27)14-12-19/h3-14,21H,15H2,1-2H3,(H2,28,29,34)(H,30,32,33). The summed E-state index contributed by atoms with van der Waals surface area (Å²) in [5, 5.41) is 17.3. The number of carbonyl (C=O) groups excluding carboxylic acids is 2. The molecule has 3 amide bonds. The lowest BCUT2D eigenvalue weighted by Gasteiger charge is -2.19. The number of halogens is 1. The molecule has 0 aliphatic heterocycles. The van der Waals surface area contributed by atoms with Gasteiger partial charge >= 0.3 is 6.03 Å². The molecule has 0 fully saturated rings. The fraction of sp³-hybridized carbons (Fsp3) is 0.154. The Labute approximate surface area is 206 Å². The molecule has 4 rings (SSSR count). The average Bonchev–Trinajstić information content (AvgIpc) is 3.30. The molecule has 0 bridgehead atoms. The van der Waals surface area contributed by atoms with Crippen molar-refractivity contribution in [3.8, 4) is 10.6 Å². The van der Waals surface area contributed by atoms with Crippen LogP contribution in [-0.2, 0) is 11.2 Å². The van der Waals surface area contributed by atoms with Crippen LogP contribution in [0.3, 0.4) is 0 Å². The third-order valence-corrected chi connectivity index (χ3v) is 6.26. The molecule has 1 unspecified atom stereocenters. The average molecular weight is 490 g/mol. The first kappa shape index (κ1) is 24.0. The molecular weight excluding hydrogens is 465 g/mol. The summed E-state index contributed by atoms with van der Waals surface area (Å²) in [5.74, 6) is -0.770. The second-order valence-electron chi connectivity index (χ2n) is 8.02. The van der Waals surface area contributed by atoms with Gasteiger partial charge in [0.15, 0.2) is 0 Å². The van der Waals surface area contributed by atoms with E-state index < -0.39 is 18.0 Å². The van der Waals surface area contributed by atoms with Crippen molar-refractivity contribution < 1.29 is 14.0 Å². The summed E-state index contributed by atoms with van der Waals surface area (Å²) in [5.41, 5.74) is 4.13. The quantitative estimate of drug-likeness (QED) is 0.327. The lowest BCUT2D eigenvalue weighted by atomic mass is 10.1. The van der Waals surface area contributed by atoms with Crippen LogP contribution < -0.4 is 16.0 Å². The van der Waals surface area contributed by atoms with Crippen molar-refractivity contribution in [2.45, 2.75) is 26.3 Å². The SMILES string of the molecule is Cc1cccc(C)c1NC(=O)NC(Cc1ccccc1)C(=O)Nc1nnc(-c2ccc(F)cc2)s1. The number of nitrogens with one attached hydrogen (secondary N) is 3. The van der Waals surface area contributed by atoms with E-state index in [1.807, 2.05) is 62.4 Å². The minimum Gasteiger partial charge on any atom is -0.326 e. The number of hydrogen-bond donors (Lipinski definition) is 3. The van der Waals surface area contributed by atoms with E-state index in [0.717, 1.165) is 28.0 Å². The highest BCUT2D eigenvalue weighted by molar-refractivity contribution is 7.18. The van der Waals surface area contributed by atoms with Crippen LogP contribution in [0.5, 0.6) is 0 Å². The van der Waals surface area contributed by atoms with E-state index in [1.54, 1.807) is 12.1 Å². The van der Waals surface area contributed by atoms with E-state index in [1.165, 1.54) is 12.1 Å². The number of aromatic nitrogens is 2. The molecule has 1 atom stereocenters. The zero-order valence-electron chi connectivity index (χ0n) is 19.2. The van der Waals surface area contributed by atoms with Crippen molar-refractivity contribution in [3.63, 3.8) is 0 Å². The van der Waals surface area contributed by atoms with Crippen LogP contribution in [0.4, 0.5) is 20.0 Å². The molecule has 9 heteroatoms. The van der Waals surface area contributed by atoms with Gasteiger partial charge in [0.1, 0.15) is 16.9 Å². The van der Waals surface area contributed by atoms with Crippen molar-refractivity contribution in [3.05, 3.63) is 95.3 Å². The van der Waals surface area contributed by atoms with Crippen LogP contribution in [0.2, 0.25) is 0 Å². The number of anilines is 2. The third kappa shape index (κ3) is 6.27. The molecule has 178 valence electrons. The van der Waals surface area contributed by atoms with Gasteiger partial charge in [-0.2, -0.15) is 0 Å². The molecule has 4 aromatic rings. The molecule has 0 saturated carbocycles. The van der Waals surface area contributed by atoms with E-state index in [-0.39, 0.29) is 17.4 Å². The van der Waals surface area contributed by atoms with Crippen LogP contribution in [0, 0.1) is 19.7 Å². The second kappa shape index (κ2) is 10.9. The first-order valence-electron chi connectivity index (χ1n) is 11.0. The Bertz CT molecular complexity index is 1310. The smallest absolute Gasteiger partial charge is 0.319 e. The summed E-state index contributed by atoms with van der Waals surface area (Å²) in [7, 11) is 0. The predicted octanol–water partition coefficient (Wildman–Crippen LogP) is 5.33. The van der Waals surface area contributed by atoms with Crippen molar-refractivity contribution in [1.29, 1.82) is 0 Å². The van der Waals surface area contributed by atoms with Gasteiger partial charge in [0, 0.05) is 17.7 Å². The predicted molar refractivity (Wildman–Crippen MR) is 136 cm³/mol. The highest BCUT2D eigenvalue weighted by Crippen LogP contribution is 2.26. The topological polar surface area (TPSA) is 96.0 Å². The lowest BCUT2D eigenvalue weighted by molar-refractivity contribution is -0.117. The lowest BCUT2D eigenvalue weighted by Crippen LogP contribution is -2.47. The minimum atomic E-state index is -0.861. The molecule has 7 nitrogen and oxygen atoms in total. The van der Waals surface area contributed by atoms with Crippen LogP contribution >= 0.6 is 11.3 Å². The molecule has 0 radical (unpaired) electrons. The summed E-state index contributed by atoms with van der Waals surface area (Å²) in [4.78, 5) is 26.0. The Kier molecular flexibility index (Phi) is 7.47. The number of amides is 3. The van der Waals surface area contributed by atoms with Crippen molar-refractivity contribution in [2.75, 3.05) is 10.6 Å². The van der Waals surface area contributed by atoms with Crippen LogP contribution in [0.1, 0.15) is 16.7 Å². The largest absolute Gasteiger partial charge is 0.326 e. The van der Waals surface area contributed by atoms with Crippen LogP contribution in [-0.4, -0.2) is 28.2 Å². The number of rotatable bonds is 7. The number of aryl methyl sites for hydroxylation is 2. The minimum absolute atomic E-state index is 0.282. The summed E-state index contributed by atoms with van der Waals surface area (Å²) >= 11 is 1.16. The van der Waals surface area contributed by atoms with Crippen molar-refractivity contribution in [2.24, 2.45) is 0 Å². The second-order valence-corrected chi connectivity index (χ2v) is 8.99. The molecule has 1 heterocycles. The summed E-state index contributed by atoms with van der Waals surface area (Å²) in [6.07, 6.45) is 0.288. The summed E-state index contributed by atoms with van der Waals surface area (Å²) in [6, 6.07) is 19.7. The van der Waals surface area contributed by atoms with Gasteiger partial charge in [-0.1, -0.05) is 59.9 Å². The Morgan fingerprint density at radius 1 is 0.886 bits per heavy atom. The Morgan fingerprint density at radius 2 is 1.57 bits per heavy atom. The van der Waals surface area contributed by atoms with E-state index in [4.69, 9.17) is 0 Å². The van der Waals surface area contributed by atoms with Gasteiger partial charge in [-0.3, -0.25) is 10.1 Å². The Hall–Kier alpha value is -4.11. The number of urea groups is 1. The van der Waals surface area contributed by atoms with E-state index in [2.05, 4.69) is 26.1 Å². The highest BCUT2D eigenvalue weighted by Gasteiger charge is 2.23. The molecule has 0 aliphatic rings. The molecule has 0 spiro atoms. The van der Waals surface area contributed by atoms with Gasteiger partial charge in [-0.25, -0.2) is 9.18 Å². The normalized spacial score (nSPS) is 11.5. The number of hydrogen-bond acceptors (Lipinski definition) is 5. The van der Waals surface area contributed by atoms with Gasteiger partial charge in [0.05, 0.1) is 0 Å². The first-order valence-corrected chi connectivity index (χ1v) is 11.8. The summed E-state index contributed by atoms with van der Waals surface area (Å²) < 4.78 is 13.2. The molecule has 1 aromatic heterocycles. The van der Waals surface area contributed by atoms with Crippen LogP contribution in [0.25, 0.3) is 10.6 Å². The maximum absolute atomic E-state index is 13.2. The number of benzene rings is 3.